The summed E-state index contributed by atoms with van der Waals surface area (Å²) in [6, 6.07) is 3.91. The molecule has 5 heteroatoms. The maximum atomic E-state index is 4.41. The Morgan fingerprint density at radius 3 is 2.71 bits per heavy atom. The van der Waals surface area contributed by atoms with E-state index in [-0.39, 0.29) is 0 Å². The van der Waals surface area contributed by atoms with E-state index >= 15 is 0 Å². The molecule has 0 radical (unpaired) electrons. The fourth-order valence-electron chi connectivity index (χ4n) is 1.16. The summed E-state index contributed by atoms with van der Waals surface area (Å²) >= 11 is 3.16. The molecule has 0 spiro atoms. The molecule has 2 aromatic heterocycles. The van der Waals surface area contributed by atoms with Gasteiger partial charge in [-0.3, -0.25) is 0 Å². The zero-order valence-electron chi connectivity index (χ0n) is 7.89. The largest absolute Gasteiger partial charge is 0.236 e. The van der Waals surface area contributed by atoms with Gasteiger partial charge >= 0.3 is 0 Å². The third-order valence-corrected chi connectivity index (χ3v) is 3.04. The number of rotatable bonds is 2. The summed E-state index contributed by atoms with van der Waals surface area (Å²) in [6.07, 6.45) is 5.73. The molecule has 0 aliphatic rings. The Morgan fingerprint density at radius 2 is 2.00 bits per heavy atom. The number of thioether (sulfide) groups is 2. The second-order valence-electron chi connectivity index (χ2n) is 2.59. The molecule has 0 fully saturated rings. The number of hydrogen-bond acceptors (Lipinski definition) is 5. The summed E-state index contributed by atoms with van der Waals surface area (Å²) < 4.78 is 0. The van der Waals surface area contributed by atoms with Crippen molar-refractivity contribution in [3.63, 3.8) is 0 Å². The van der Waals surface area contributed by atoms with Gasteiger partial charge in [-0.25, -0.2) is 15.0 Å². The third kappa shape index (κ3) is 1.69. The van der Waals surface area contributed by atoms with Crippen LogP contribution in [0.5, 0.6) is 0 Å². The van der Waals surface area contributed by atoms with Crippen LogP contribution in [0.25, 0.3) is 11.0 Å². The van der Waals surface area contributed by atoms with Crippen molar-refractivity contribution >= 4 is 34.6 Å². The Bertz CT molecular complexity index is 459. The molecule has 0 bridgehead atoms. The van der Waals surface area contributed by atoms with Gasteiger partial charge < -0.3 is 0 Å². The molecule has 14 heavy (non-hydrogen) atoms. The van der Waals surface area contributed by atoms with Crippen LogP contribution in [0.15, 0.2) is 28.5 Å². The predicted molar refractivity (Wildman–Crippen MR) is 60.9 cm³/mol. The SMILES string of the molecule is CSc1nc(SC)c2cccnc2n1. The third-order valence-electron chi connectivity index (χ3n) is 1.79. The van der Waals surface area contributed by atoms with Gasteiger partial charge in [0.25, 0.3) is 0 Å². The Balaban J connectivity index is 2.73. The molecule has 0 saturated carbocycles. The Morgan fingerprint density at radius 1 is 1.14 bits per heavy atom. The minimum absolute atomic E-state index is 0.774. The molecule has 0 aromatic carbocycles. The molecule has 2 heterocycles. The van der Waals surface area contributed by atoms with E-state index in [4.69, 9.17) is 0 Å². The van der Waals surface area contributed by atoms with Crippen molar-refractivity contribution in [1.29, 1.82) is 0 Å². The maximum absolute atomic E-state index is 4.41. The lowest BCUT2D eigenvalue weighted by Crippen LogP contribution is -1.92. The summed E-state index contributed by atoms with van der Waals surface area (Å²) in [5.41, 5.74) is 0.774. The van der Waals surface area contributed by atoms with Crippen LogP contribution in [0.1, 0.15) is 0 Å². The van der Waals surface area contributed by atoms with Crippen molar-refractivity contribution in [2.45, 2.75) is 10.2 Å². The molecule has 0 N–H and O–H groups in total. The van der Waals surface area contributed by atoms with Crippen LogP contribution in [0.4, 0.5) is 0 Å². The van der Waals surface area contributed by atoms with Gasteiger partial charge in [-0.1, -0.05) is 11.8 Å². The fourth-order valence-corrected chi connectivity index (χ4v) is 2.14. The fraction of sp³-hybridized carbons (Fsp3) is 0.222. The maximum Gasteiger partial charge on any atom is 0.190 e. The van der Waals surface area contributed by atoms with Crippen LogP contribution in [-0.4, -0.2) is 27.5 Å². The number of fused-ring (bicyclic) bond motifs is 1. The average molecular weight is 223 g/mol. The molecule has 0 amide bonds. The summed E-state index contributed by atoms with van der Waals surface area (Å²) in [4.78, 5) is 13.0. The van der Waals surface area contributed by atoms with Gasteiger partial charge in [-0.05, 0) is 24.6 Å². The Kier molecular flexibility index (Phi) is 2.88. The van der Waals surface area contributed by atoms with Gasteiger partial charge in [0.2, 0.25) is 0 Å². The lowest BCUT2D eigenvalue weighted by Gasteiger charge is -2.03. The van der Waals surface area contributed by atoms with Gasteiger partial charge in [-0.2, -0.15) is 0 Å². The summed E-state index contributed by atoms with van der Waals surface area (Å²) in [5, 5.41) is 2.80. The van der Waals surface area contributed by atoms with E-state index in [1.807, 2.05) is 24.6 Å². The first-order valence-corrected chi connectivity index (χ1v) is 6.51. The van der Waals surface area contributed by atoms with Crippen LogP contribution in [0.2, 0.25) is 0 Å². The van der Waals surface area contributed by atoms with E-state index in [2.05, 4.69) is 15.0 Å². The van der Waals surface area contributed by atoms with Gasteiger partial charge in [0.1, 0.15) is 5.03 Å². The second kappa shape index (κ2) is 4.14. The van der Waals surface area contributed by atoms with Crippen LogP contribution in [0, 0.1) is 0 Å². The number of pyridine rings is 1. The molecule has 0 aliphatic heterocycles. The molecule has 2 aromatic rings. The van der Waals surface area contributed by atoms with Crippen LogP contribution in [-0.2, 0) is 0 Å². The minimum Gasteiger partial charge on any atom is -0.236 e. The van der Waals surface area contributed by atoms with Crippen molar-refractivity contribution in [3.8, 4) is 0 Å². The summed E-state index contributed by atoms with van der Waals surface area (Å²) in [5.74, 6) is 0. The molecule has 0 saturated heterocycles. The van der Waals surface area contributed by atoms with Crippen LogP contribution in [0.3, 0.4) is 0 Å². The quantitative estimate of drug-likeness (QED) is 0.444. The highest BCUT2D eigenvalue weighted by atomic mass is 32.2. The standard InChI is InChI=1S/C9H9N3S2/c1-13-8-6-4-3-5-10-7(6)11-9(12-8)14-2/h3-5H,1-2H3. The second-order valence-corrected chi connectivity index (χ2v) is 4.16. The highest BCUT2D eigenvalue weighted by molar-refractivity contribution is 7.99. The van der Waals surface area contributed by atoms with E-state index in [0.717, 1.165) is 21.2 Å². The van der Waals surface area contributed by atoms with Crippen molar-refractivity contribution in [2.24, 2.45) is 0 Å². The Hall–Kier alpha value is -0.810. The number of aromatic nitrogens is 3. The first kappa shape index (κ1) is 9.73. The van der Waals surface area contributed by atoms with Gasteiger partial charge in [0.15, 0.2) is 10.8 Å². The first-order chi connectivity index (χ1) is 6.85. The Labute approximate surface area is 90.7 Å². The zero-order valence-corrected chi connectivity index (χ0v) is 9.52. The number of nitrogens with zero attached hydrogens (tertiary/aromatic N) is 3. The molecule has 0 aliphatic carbocycles. The minimum atomic E-state index is 0.774. The van der Waals surface area contributed by atoms with Crippen molar-refractivity contribution in [2.75, 3.05) is 12.5 Å². The monoisotopic (exact) mass is 223 g/mol. The normalized spacial score (nSPS) is 10.7. The van der Waals surface area contributed by atoms with Gasteiger partial charge in [0.05, 0.1) is 5.39 Å². The van der Waals surface area contributed by atoms with Crippen LogP contribution < -0.4 is 0 Å². The highest BCUT2D eigenvalue weighted by Crippen LogP contribution is 2.24. The van der Waals surface area contributed by atoms with Gasteiger partial charge in [-0.15, -0.1) is 11.8 Å². The van der Waals surface area contributed by atoms with E-state index in [9.17, 15) is 0 Å². The van der Waals surface area contributed by atoms with Crippen LogP contribution >= 0.6 is 23.5 Å². The molecule has 0 atom stereocenters. The lowest BCUT2D eigenvalue weighted by atomic mass is 10.3. The summed E-state index contributed by atoms with van der Waals surface area (Å²) in [6.45, 7) is 0. The van der Waals surface area contributed by atoms with E-state index < -0.39 is 0 Å². The molecule has 0 unspecified atom stereocenters. The average Bonchev–Trinajstić information content (AvgIpc) is 2.27. The van der Waals surface area contributed by atoms with Crippen molar-refractivity contribution in [1.82, 2.24) is 15.0 Å². The summed E-state index contributed by atoms with van der Waals surface area (Å²) in [7, 11) is 0. The lowest BCUT2D eigenvalue weighted by molar-refractivity contribution is 0.924. The van der Waals surface area contributed by atoms with Crippen molar-refractivity contribution < 1.29 is 0 Å². The molecular weight excluding hydrogens is 214 g/mol. The molecule has 72 valence electrons. The van der Waals surface area contributed by atoms with E-state index in [1.165, 1.54) is 11.8 Å². The number of hydrogen-bond donors (Lipinski definition) is 0. The smallest absolute Gasteiger partial charge is 0.190 e. The zero-order chi connectivity index (χ0) is 9.97. The predicted octanol–water partition coefficient (Wildman–Crippen LogP) is 2.47. The van der Waals surface area contributed by atoms with Gasteiger partial charge in [0, 0.05) is 6.20 Å². The van der Waals surface area contributed by atoms with E-state index in [0.29, 0.717) is 0 Å². The molecular formula is C9H9N3S2. The van der Waals surface area contributed by atoms with E-state index in [1.54, 1.807) is 18.0 Å². The molecule has 2 rings (SSSR count). The topological polar surface area (TPSA) is 38.7 Å². The highest BCUT2D eigenvalue weighted by Gasteiger charge is 2.05. The molecule has 3 nitrogen and oxygen atoms in total. The first-order valence-electron chi connectivity index (χ1n) is 4.06. The van der Waals surface area contributed by atoms with Crippen molar-refractivity contribution in [3.05, 3.63) is 18.3 Å².